The molecule has 10 heteroatoms. The van der Waals surface area contributed by atoms with Crippen molar-refractivity contribution in [2.45, 2.75) is 89.1 Å². The van der Waals surface area contributed by atoms with Crippen molar-refractivity contribution in [3.8, 4) is 5.75 Å². The number of amides is 2. The summed E-state index contributed by atoms with van der Waals surface area (Å²) in [5.74, 6) is -0.0697. The van der Waals surface area contributed by atoms with Crippen molar-refractivity contribution in [2.24, 2.45) is 11.8 Å². The van der Waals surface area contributed by atoms with Gasteiger partial charge in [-0.1, -0.05) is 25.4 Å². The van der Waals surface area contributed by atoms with Crippen LogP contribution in [-0.2, 0) is 14.3 Å². The predicted octanol–water partition coefficient (Wildman–Crippen LogP) is 3.39. The summed E-state index contributed by atoms with van der Waals surface area (Å²) in [4.78, 5) is 28.3. The Balaban J connectivity index is 1.52. The number of guanidine groups is 1. The largest absolute Gasteiger partial charge is 0.485 e. The Kier molecular flexibility index (Phi) is 7.79. The number of carbonyl (C=O) groups excluding carboxylic acids is 2. The highest BCUT2D eigenvalue weighted by Crippen LogP contribution is 2.47. The van der Waals surface area contributed by atoms with Gasteiger partial charge in [0.05, 0.1) is 12.5 Å². The molecule has 0 aromatic heterocycles. The van der Waals surface area contributed by atoms with Gasteiger partial charge >= 0.3 is 0 Å². The average molecular weight is 535 g/mol. The summed E-state index contributed by atoms with van der Waals surface area (Å²) >= 11 is 6.21. The van der Waals surface area contributed by atoms with Crippen LogP contribution < -0.4 is 15.4 Å². The fraction of sp³-hybridized carbons (Fsp3) is 0.667. The molecule has 3 aliphatic rings. The molecule has 5 atom stereocenters. The fourth-order valence-electron chi connectivity index (χ4n) is 5.78. The number of aliphatic hydroxyl groups excluding tert-OH is 1. The Morgan fingerprint density at radius 2 is 2.08 bits per heavy atom. The van der Waals surface area contributed by atoms with Crippen molar-refractivity contribution < 1.29 is 24.2 Å². The van der Waals surface area contributed by atoms with E-state index in [2.05, 4.69) is 10.6 Å². The maximum atomic E-state index is 13.5. The number of halogens is 1. The number of aliphatic hydroxyl groups is 1. The molecule has 4 N–H and O–H groups in total. The molecule has 1 aliphatic carbocycles. The van der Waals surface area contributed by atoms with Crippen LogP contribution in [0, 0.1) is 17.2 Å². The summed E-state index contributed by atoms with van der Waals surface area (Å²) in [5.41, 5.74) is -0.680. The van der Waals surface area contributed by atoms with Crippen LogP contribution >= 0.6 is 11.6 Å². The second-order valence-electron chi connectivity index (χ2n) is 11.1. The maximum absolute atomic E-state index is 13.5. The molecule has 2 heterocycles. The normalized spacial score (nSPS) is 28.6. The van der Waals surface area contributed by atoms with E-state index < -0.39 is 23.3 Å². The third-order valence-electron chi connectivity index (χ3n) is 8.36. The fourth-order valence-corrected chi connectivity index (χ4v) is 5.97. The third kappa shape index (κ3) is 5.31. The van der Waals surface area contributed by atoms with Gasteiger partial charge in [-0.25, -0.2) is 0 Å². The highest BCUT2D eigenvalue weighted by atomic mass is 35.5. The van der Waals surface area contributed by atoms with Crippen molar-refractivity contribution in [3.05, 3.63) is 28.8 Å². The number of methoxy groups -OCH3 is 1. The molecule has 2 aliphatic heterocycles. The zero-order chi connectivity index (χ0) is 27.1. The lowest BCUT2D eigenvalue weighted by Crippen LogP contribution is -2.64. The lowest BCUT2D eigenvalue weighted by Gasteiger charge is -2.45. The number of rotatable bonds is 9. The minimum Gasteiger partial charge on any atom is -0.485 e. The SMILES string of the molecule is CCC1(CC)CC(=O)N([C@H](CCOC)C2C[C@H]2C(=O)N[C@@H]2c3cc(Cl)ccc3OC(C)(C)[C@H]2O)C(=N)N1. The third-order valence-corrected chi connectivity index (χ3v) is 8.60. The lowest BCUT2D eigenvalue weighted by molar-refractivity contribution is -0.134. The first kappa shape index (κ1) is 27.7. The van der Waals surface area contributed by atoms with Gasteiger partial charge in [-0.15, -0.1) is 0 Å². The molecule has 9 nitrogen and oxygen atoms in total. The minimum atomic E-state index is -0.985. The van der Waals surface area contributed by atoms with Crippen LogP contribution in [0.5, 0.6) is 5.75 Å². The van der Waals surface area contributed by atoms with Gasteiger partial charge in [0.25, 0.3) is 0 Å². The molecule has 0 radical (unpaired) electrons. The number of hydrogen-bond acceptors (Lipinski definition) is 6. The van der Waals surface area contributed by atoms with E-state index in [1.165, 1.54) is 4.90 Å². The quantitative estimate of drug-likeness (QED) is 0.385. The molecule has 0 spiro atoms. The molecule has 1 aromatic carbocycles. The van der Waals surface area contributed by atoms with Crippen LogP contribution in [0.4, 0.5) is 0 Å². The molecule has 204 valence electrons. The smallest absolute Gasteiger partial charge is 0.231 e. The van der Waals surface area contributed by atoms with E-state index in [0.29, 0.717) is 42.2 Å². The number of carbonyl (C=O) groups is 2. The zero-order valence-electron chi connectivity index (χ0n) is 22.3. The number of benzene rings is 1. The van der Waals surface area contributed by atoms with Gasteiger partial charge in [0.1, 0.15) is 17.5 Å². The summed E-state index contributed by atoms with van der Waals surface area (Å²) < 4.78 is 11.3. The van der Waals surface area contributed by atoms with Gasteiger partial charge in [0, 0.05) is 41.8 Å². The molecule has 37 heavy (non-hydrogen) atoms. The molecule has 2 fully saturated rings. The minimum absolute atomic E-state index is 0.0928. The molecule has 4 rings (SSSR count). The molecule has 2 amide bonds. The Labute approximate surface area is 223 Å². The van der Waals surface area contributed by atoms with E-state index in [4.69, 9.17) is 26.5 Å². The monoisotopic (exact) mass is 534 g/mol. The zero-order valence-corrected chi connectivity index (χ0v) is 23.0. The van der Waals surface area contributed by atoms with Gasteiger partial charge in [-0.2, -0.15) is 0 Å². The first-order valence-corrected chi connectivity index (χ1v) is 13.5. The van der Waals surface area contributed by atoms with Gasteiger partial charge in [0.2, 0.25) is 11.8 Å². The molecule has 1 saturated heterocycles. The van der Waals surface area contributed by atoms with Gasteiger partial charge in [0.15, 0.2) is 5.96 Å². The van der Waals surface area contributed by atoms with Crippen LogP contribution in [0.2, 0.25) is 5.02 Å². The number of nitrogens with zero attached hydrogens (tertiary/aromatic N) is 1. The summed E-state index contributed by atoms with van der Waals surface area (Å²) in [6, 6.07) is 4.16. The summed E-state index contributed by atoms with van der Waals surface area (Å²) in [6.45, 7) is 8.02. The lowest BCUT2D eigenvalue weighted by atomic mass is 9.86. The van der Waals surface area contributed by atoms with E-state index in [1.807, 2.05) is 13.8 Å². The summed E-state index contributed by atoms with van der Waals surface area (Å²) in [5, 5.41) is 26.5. The highest BCUT2D eigenvalue weighted by Gasteiger charge is 2.54. The van der Waals surface area contributed by atoms with Crippen LogP contribution in [-0.4, -0.2) is 64.8 Å². The molecular formula is C27H39ClN4O5. The summed E-state index contributed by atoms with van der Waals surface area (Å²) in [7, 11) is 1.60. The van der Waals surface area contributed by atoms with E-state index >= 15 is 0 Å². The molecule has 1 unspecified atom stereocenters. The Bertz CT molecular complexity index is 1040. The van der Waals surface area contributed by atoms with E-state index in [9.17, 15) is 14.7 Å². The Morgan fingerprint density at radius 1 is 1.38 bits per heavy atom. The van der Waals surface area contributed by atoms with Gasteiger partial charge in [-0.3, -0.25) is 19.9 Å². The number of ether oxygens (including phenoxy) is 2. The van der Waals surface area contributed by atoms with Crippen molar-refractivity contribution >= 4 is 29.4 Å². The van der Waals surface area contributed by atoms with Crippen LogP contribution in [0.15, 0.2) is 18.2 Å². The first-order valence-electron chi connectivity index (χ1n) is 13.1. The second-order valence-corrected chi connectivity index (χ2v) is 11.5. The maximum Gasteiger partial charge on any atom is 0.231 e. The van der Waals surface area contributed by atoms with Gasteiger partial charge in [-0.05, 0) is 63.6 Å². The molecule has 1 saturated carbocycles. The predicted molar refractivity (Wildman–Crippen MR) is 141 cm³/mol. The van der Waals surface area contributed by atoms with E-state index in [-0.39, 0.29) is 35.7 Å². The van der Waals surface area contributed by atoms with Gasteiger partial charge < -0.3 is 25.2 Å². The van der Waals surface area contributed by atoms with Crippen molar-refractivity contribution in [2.75, 3.05) is 13.7 Å². The standard InChI is InChI=1S/C27H39ClN4O5/c1-6-27(7-2)14-21(33)32(25(29)31-27)19(10-11-36-5)16-13-17(16)24(35)30-22-18-12-15(28)8-9-20(18)37-26(3,4)23(22)34/h8-9,12,16-17,19,22-23,34H,6-7,10-11,13-14H2,1-5H3,(H2,29,31)(H,30,35)/t16?,17-,19-,22-,23+/m1/s1. The van der Waals surface area contributed by atoms with Crippen LogP contribution in [0.3, 0.4) is 0 Å². The molecule has 0 bridgehead atoms. The Hall–Kier alpha value is -2.36. The summed E-state index contributed by atoms with van der Waals surface area (Å²) in [6.07, 6.45) is 1.94. The van der Waals surface area contributed by atoms with E-state index in [0.717, 1.165) is 12.8 Å². The van der Waals surface area contributed by atoms with Crippen LogP contribution in [0.25, 0.3) is 0 Å². The van der Waals surface area contributed by atoms with Crippen LogP contribution in [0.1, 0.15) is 71.4 Å². The van der Waals surface area contributed by atoms with Crippen molar-refractivity contribution in [1.29, 1.82) is 5.41 Å². The Morgan fingerprint density at radius 3 is 2.70 bits per heavy atom. The molecular weight excluding hydrogens is 496 g/mol. The first-order chi connectivity index (χ1) is 17.5. The average Bonchev–Trinajstić information content (AvgIpc) is 3.64. The van der Waals surface area contributed by atoms with E-state index in [1.54, 1.807) is 39.2 Å². The van der Waals surface area contributed by atoms with Crippen molar-refractivity contribution in [3.63, 3.8) is 0 Å². The van der Waals surface area contributed by atoms with Crippen molar-refractivity contribution in [1.82, 2.24) is 15.5 Å². The second kappa shape index (κ2) is 10.4. The number of hydrogen-bond donors (Lipinski definition) is 4. The number of nitrogens with one attached hydrogen (secondary N) is 3. The highest BCUT2D eigenvalue weighted by molar-refractivity contribution is 6.30. The number of fused-ring (bicyclic) bond motifs is 1. The topological polar surface area (TPSA) is 124 Å². The molecule has 1 aromatic rings.